The molecule has 3 heterocycles. The van der Waals surface area contributed by atoms with E-state index in [9.17, 15) is 9.18 Å². The van der Waals surface area contributed by atoms with E-state index in [1.54, 1.807) is 42.6 Å². The Morgan fingerprint density at radius 3 is 2.60 bits per heavy atom. The summed E-state index contributed by atoms with van der Waals surface area (Å²) in [6.07, 6.45) is 4.05. The molecule has 0 aliphatic carbocycles. The standard InChI is InChI=1S/C34H35F2N5O2/c1-20-15-23(43-32-6-4-3-5-27(32)35)7-8-24(20)25-9-12-38-19-26(33(25)37)34(42)31-17-21-16-28(36)30(18-29(21)40-31)39-22-10-13-41(2)14-11-22/h3-8,15-19,22,25,39-40H,9-14,37H2,1-2H3. The van der Waals surface area contributed by atoms with E-state index >= 15 is 4.39 Å². The normalized spacial score (nSPS) is 18.2. The first-order valence-electron chi connectivity index (χ1n) is 14.6. The summed E-state index contributed by atoms with van der Waals surface area (Å²) < 4.78 is 34.9. The summed E-state index contributed by atoms with van der Waals surface area (Å²) in [6, 6.07) is 16.8. The number of halogens is 2. The molecule has 1 saturated heterocycles. The molecule has 0 saturated carbocycles. The molecular formula is C34H35F2N5O2. The average Bonchev–Trinajstić information content (AvgIpc) is 3.30. The number of carbonyl (C=O) groups excluding carboxylic acids is 1. The molecule has 2 aliphatic rings. The zero-order valence-electron chi connectivity index (χ0n) is 24.3. The highest BCUT2D eigenvalue weighted by atomic mass is 19.1. The van der Waals surface area contributed by atoms with Crippen molar-refractivity contribution in [2.75, 3.05) is 32.0 Å². The SMILES string of the molecule is Cc1cc(Oc2ccccc2F)ccc1C1CCN=CC(C(=O)c2cc3cc(F)c(NC4CCN(C)CC4)cc3[nH]2)=C1N. The Morgan fingerprint density at radius 1 is 1.05 bits per heavy atom. The van der Waals surface area contributed by atoms with Gasteiger partial charge in [-0.25, -0.2) is 8.78 Å². The van der Waals surface area contributed by atoms with Gasteiger partial charge in [-0.3, -0.25) is 9.79 Å². The number of fused-ring (bicyclic) bond motifs is 1. The van der Waals surface area contributed by atoms with Gasteiger partial charge in [-0.05, 0) is 99.9 Å². The number of carbonyl (C=O) groups is 1. The molecule has 9 heteroatoms. The highest BCUT2D eigenvalue weighted by molar-refractivity contribution is 6.22. The summed E-state index contributed by atoms with van der Waals surface area (Å²) in [7, 11) is 2.09. The molecule has 7 nitrogen and oxygen atoms in total. The Kier molecular flexibility index (Phi) is 7.99. The molecule has 6 rings (SSSR count). The molecule has 1 aromatic heterocycles. The number of nitrogens with zero attached hydrogens (tertiary/aromatic N) is 2. The number of nitrogens with two attached hydrogens (primary N) is 1. The zero-order valence-corrected chi connectivity index (χ0v) is 24.3. The molecule has 0 amide bonds. The van der Waals surface area contributed by atoms with Crippen LogP contribution in [0.25, 0.3) is 10.9 Å². The van der Waals surface area contributed by atoms with Gasteiger partial charge >= 0.3 is 0 Å². The van der Waals surface area contributed by atoms with Crippen molar-refractivity contribution >= 4 is 28.6 Å². The first kappa shape index (κ1) is 28.6. The largest absolute Gasteiger partial charge is 0.454 e. The lowest BCUT2D eigenvalue weighted by Crippen LogP contribution is -2.36. The Bertz CT molecular complexity index is 1740. The van der Waals surface area contributed by atoms with Gasteiger partial charge in [-0.1, -0.05) is 18.2 Å². The fraction of sp³-hybridized carbons (Fsp3) is 0.294. The number of hydrogen-bond donors (Lipinski definition) is 3. The maximum atomic E-state index is 15.0. The molecule has 222 valence electrons. The summed E-state index contributed by atoms with van der Waals surface area (Å²) >= 11 is 0. The number of anilines is 1. The molecule has 4 N–H and O–H groups in total. The van der Waals surface area contributed by atoms with Gasteiger partial charge in [0.2, 0.25) is 5.78 Å². The highest BCUT2D eigenvalue weighted by Gasteiger charge is 2.26. The lowest BCUT2D eigenvalue weighted by Gasteiger charge is -2.30. The quantitative estimate of drug-likeness (QED) is 0.210. The molecule has 1 atom stereocenters. The summed E-state index contributed by atoms with van der Waals surface area (Å²) in [6.45, 7) is 4.37. The van der Waals surface area contributed by atoms with Crippen molar-refractivity contribution in [2.45, 2.75) is 38.1 Å². The van der Waals surface area contributed by atoms with Crippen LogP contribution in [0.15, 0.2) is 76.9 Å². The van der Waals surface area contributed by atoms with E-state index in [4.69, 9.17) is 10.5 Å². The second-order valence-electron chi connectivity index (χ2n) is 11.4. The number of allylic oxidation sites excluding steroid dienone is 2. The lowest BCUT2D eigenvalue weighted by atomic mass is 9.87. The number of hydrogen-bond acceptors (Lipinski definition) is 6. The van der Waals surface area contributed by atoms with E-state index in [1.165, 1.54) is 12.1 Å². The molecule has 3 aromatic carbocycles. The smallest absolute Gasteiger partial charge is 0.212 e. The second-order valence-corrected chi connectivity index (χ2v) is 11.4. The first-order valence-corrected chi connectivity index (χ1v) is 14.6. The number of benzene rings is 3. The number of Topliss-reactive ketones (excluding diaryl/α,β-unsaturated/α-hetero) is 1. The summed E-state index contributed by atoms with van der Waals surface area (Å²) in [4.78, 5) is 23.7. The van der Waals surface area contributed by atoms with Crippen molar-refractivity contribution in [2.24, 2.45) is 10.7 Å². The van der Waals surface area contributed by atoms with Crippen molar-refractivity contribution in [3.8, 4) is 11.5 Å². The van der Waals surface area contributed by atoms with Crippen LogP contribution < -0.4 is 15.8 Å². The van der Waals surface area contributed by atoms with Gasteiger partial charge < -0.3 is 25.7 Å². The van der Waals surface area contributed by atoms with Crippen LogP contribution in [0.5, 0.6) is 11.5 Å². The van der Waals surface area contributed by atoms with Crippen molar-refractivity contribution in [1.29, 1.82) is 0 Å². The number of aromatic amines is 1. The Morgan fingerprint density at radius 2 is 1.84 bits per heavy atom. The fourth-order valence-corrected chi connectivity index (χ4v) is 5.95. The molecule has 1 fully saturated rings. The topological polar surface area (TPSA) is 95.7 Å². The molecule has 0 radical (unpaired) electrons. The molecule has 0 bridgehead atoms. The number of nitrogens with one attached hydrogen (secondary N) is 2. The molecule has 0 spiro atoms. The van der Waals surface area contributed by atoms with Gasteiger partial charge in [-0.15, -0.1) is 0 Å². The minimum absolute atomic E-state index is 0.146. The number of para-hydroxylation sites is 1. The Labute approximate surface area is 249 Å². The van der Waals surface area contributed by atoms with Crippen LogP contribution in [-0.2, 0) is 0 Å². The van der Waals surface area contributed by atoms with Crippen LogP contribution in [0.3, 0.4) is 0 Å². The van der Waals surface area contributed by atoms with E-state index in [0.717, 1.165) is 37.1 Å². The fourth-order valence-electron chi connectivity index (χ4n) is 5.95. The number of aryl methyl sites for hydroxylation is 1. The van der Waals surface area contributed by atoms with Crippen LogP contribution in [0.1, 0.15) is 46.8 Å². The third-order valence-electron chi connectivity index (χ3n) is 8.41. The van der Waals surface area contributed by atoms with Gasteiger partial charge in [-0.2, -0.15) is 0 Å². The average molecular weight is 584 g/mol. The second kappa shape index (κ2) is 12.0. The van der Waals surface area contributed by atoms with Crippen molar-refractivity contribution in [1.82, 2.24) is 9.88 Å². The first-order chi connectivity index (χ1) is 20.8. The predicted molar refractivity (Wildman–Crippen MR) is 166 cm³/mol. The van der Waals surface area contributed by atoms with Crippen LogP contribution in [-0.4, -0.2) is 54.6 Å². The monoisotopic (exact) mass is 583 g/mol. The number of likely N-dealkylation sites (tertiary alicyclic amines) is 1. The molecule has 2 aliphatic heterocycles. The molecule has 4 aromatic rings. The maximum absolute atomic E-state index is 15.0. The molecule has 43 heavy (non-hydrogen) atoms. The third-order valence-corrected chi connectivity index (χ3v) is 8.41. The zero-order chi connectivity index (χ0) is 30.1. The van der Waals surface area contributed by atoms with E-state index < -0.39 is 5.82 Å². The van der Waals surface area contributed by atoms with Crippen molar-refractivity contribution in [3.05, 3.63) is 100 Å². The summed E-state index contributed by atoms with van der Waals surface area (Å²) in [5.74, 6) is -0.692. The van der Waals surface area contributed by atoms with Gasteiger partial charge in [0.15, 0.2) is 11.6 Å². The van der Waals surface area contributed by atoms with Gasteiger partial charge in [0.1, 0.15) is 11.6 Å². The van der Waals surface area contributed by atoms with E-state index in [2.05, 4.69) is 27.2 Å². The van der Waals surface area contributed by atoms with Gasteiger partial charge in [0.05, 0.1) is 17.0 Å². The Hall–Kier alpha value is -4.50. The van der Waals surface area contributed by atoms with Crippen LogP contribution >= 0.6 is 0 Å². The number of piperidine rings is 1. The van der Waals surface area contributed by atoms with Gasteiger partial charge in [0, 0.05) is 41.3 Å². The third kappa shape index (κ3) is 6.03. The minimum atomic E-state index is -0.440. The number of ether oxygens (including phenoxy) is 1. The van der Waals surface area contributed by atoms with E-state index in [-0.39, 0.29) is 29.3 Å². The van der Waals surface area contributed by atoms with Crippen molar-refractivity contribution < 1.29 is 18.3 Å². The lowest BCUT2D eigenvalue weighted by molar-refractivity contribution is 0.103. The van der Waals surface area contributed by atoms with Crippen LogP contribution in [0.2, 0.25) is 0 Å². The van der Waals surface area contributed by atoms with Crippen LogP contribution in [0, 0.1) is 18.6 Å². The maximum Gasteiger partial charge on any atom is 0.212 e. The Balaban J connectivity index is 1.25. The minimum Gasteiger partial charge on any atom is -0.454 e. The van der Waals surface area contributed by atoms with Crippen molar-refractivity contribution in [3.63, 3.8) is 0 Å². The number of aliphatic imine (C=N–C) groups is 1. The van der Waals surface area contributed by atoms with Gasteiger partial charge in [0.25, 0.3) is 0 Å². The summed E-state index contributed by atoms with van der Waals surface area (Å²) in [5.41, 5.74) is 10.7. The molecular weight excluding hydrogens is 548 g/mol. The predicted octanol–water partition coefficient (Wildman–Crippen LogP) is 6.71. The number of H-pyrrole nitrogens is 1. The summed E-state index contributed by atoms with van der Waals surface area (Å²) in [5, 5.41) is 3.95. The number of rotatable bonds is 7. The number of aromatic nitrogens is 1. The van der Waals surface area contributed by atoms with E-state index in [0.29, 0.717) is 52.3 Å². The molecule has 1 unspecified atom stereocenters. The van der Waals surface area contributed by atoms with E-state index in [1.807, 2.05) is 19.1 Å². The highest BCUT2D eigenvalue weighted by Crippen LogP contribution is 2.35. The number of ketones is 1. The van der Waals surface area contributed by atoms with Crippen LogP contribution in [0.4, 0.5) is 14.5 Å².